The van der Waals surface area contributed by atoms with Crippen LogP contribution in [0.1, 0.15) is 188 Å². The van der Waals surface area contributed by atoms with E-state index in [4.69, 9.17) is 14.2 Å². The molecular formula is C59H92O5. The average Bonchev–Trinajstić information content (AvgIpc) is 3.30. The van der Waals surface area contributed by atoms with Gasteiger partial charge >= 0.3 is 11.9 Å². The van der Waals surface area contributed by atoms with Crippen molar-refractivity contribution in [3.63, 3.8) is 0 Å². The Bertz CT molecular complexity index is 1410. The molecule has 0 N–H and O–H groups in total. The van der Waals surface area contributed by atoms with Crippen LogP contribution in [-0.4, -0.2) is 37.9 Å². The van der Waals surface area contributed by atoms with Gasteiger partial charge in [0.25, 0.3) is 0 Å². The molecule has 1 unspecified atom stereocenters. The Kier molecular flexibility index (Phi) is 49.6. The van der Waals surface area contributed by atoms with Crippen LogP contribution in [0.5, 0.6) is 0 Å². The Labute approximate surface area is 393 Å². The Balaban J connectivity index is 4.51. The maximum Gasteiger partial charge on any atom is 0.306 e. The van der Waals surface area contributed by atoms with E-state index in [9.17, 15) is 9.59 Å². The number of carbonyl (C=O) groups is 2. The highest BCUT2D eigenvalue weighted by Crippen LogP contribution is 2.10. The second-order valence-electron chi connectivity index (χ2n) is 15.9. The van der Waals surface area contributed by atoms with Crippen molar-refractivity contribution in [3.05, 3.63) is 146 Å². The molecule has 0 radical (unpaired) electrons. The van der Waals surface area contributed by atoms with Crippen molar-refractivity contribution >= 4 is 11.9 Å². The highest BCUT2D eigenvalue weighted by Gasteiger charge is 2.17. The topological polar surface area (TPSA) is 61.8 Å². The van der Waals surface area contributed by atoms with Crippen LogP contribution in [-0.2, 0) is 23.8 Å². The normalized spacial score (nSPS) is 13.5. The van der Waals surface area contributed by atoms with Gasteiger partial charge in [0.1, 0.15) is 6.61 Å². The fraction of sp³-hybridized carbons (Fsp3) is 0.559. The number of unbranched alkanes of at least 4 members (excludes halogenated alkanes) is 9. The average molecular weight is 881 g/mol. The van der Waals surface area contributed by atoms with Crippen molar-refractivity contribution < 1.29 is 23.8 Å². The Morgan fingerprint density at radius 1 is 0.359 bits per heavy atom. The molecule has 0 bridgehead atoms. The lowest BCUT2D eigenvalue weighted by atomic mass is 10.1. The summed E-state index contributed by atoms with van der Waals surface area (Å²) in [5.74, 6) is -0.578. The van der Waals surface area contributed by atoms with Crippen LogP contribution < -0.4 is 0 Å². The van der Waals surface area contributed by atoms with Crippen LogP contribution in [0.2, 0.25) is 0 Å². The van der Waals surface area contributed by atoms with Gasteiger partial charge in [-0.05, 0) is 116 Å². The Morgan fingerprint density at radius 2 is 0.734 bits per heavy atom. The van der Waals surface area contributed by atoms with Crippen molar-refractivity contribution in [2.24, 2.45) is 0 Å². The summed E-state index contributed by atoms with van der Waals surface area (Å²) in [5.41, 5.74) is 0. The molecule has 0 heterocycles. The van der Waals surface area contributed by atoms with Gasteiger partial charge in [-0.1, -0.05) is 205 Å². The smallest absolute Gasteiger partial charge is 0.306 e. The van der Waals surface area contributed by atoms with Gasteiger partial charge in [-0.15, -0.1) is 0 Å². The molecule has 0 aromatic rings. The largest absolute Gasteiger partial charge is 0.462 e. The minimum atomic E-state index is -0.610. The van der Waals surface area contributed by atoms with Crippen molar-refractivity contribution in [1.29, 1.82) is 0 Å². The Morgan fingerprint density at radius 3 is 1.20 bits per heavy atom. The standard InChI is InChI=1S/C59H92O5/c1-4-7-10-13-16-19-22-25-27-29-30-32-33-35-37-40-43-46-49-52-58(60)63-56-57(55-62-54-51-48-45-42-39-24-21-18-15-12-9-6-3)64-59(61)53-50-47-44-41-38-36-34-31-28-26-23-20-17-14-11-8-5-2/h7-8,10-11,15-20,25-28,30,32,34-37,41,43-44,46,57H,4-6,9,12-14,21-24,29,31,33,38-40,42,45,47-56H2,1-3H3/b10-7-,11-8-,18-15-,19-16-,20-17-,27-25-,28-26-,32-30-,36-34-,37-35-,44-41-,46-43-. The summed E-state index contributed by atoms with van der Waals surface area (Å²) in [5, 5.41) is 0. The minimum absolute atomic E-state index is 0.00991. The van der Waals surface area contributed by atoms with Gasteiger partial charge < -0.3 is 14.2 Å². The van der Waals surface area contributed by atoms with Gasteiger partial charge in [0, 0.05) is 19.4 Å². The molecule has 0 aliphatic rings. The molecule has 0 aromatic heterocycles. The first-order valence-corrected chi connectivity index (χ1v) is 25.4. The molecule has 358 valence electrons. The minimum Gasteiger partial charge on any atom is -0.462 e. The van der Waals surface area contributed by atoms with E-state index in [1.807, 2.05) is 6.08 Å². The van der Waals surface area contributed by atoms with Crippen LogP contribution in [0.3, 0.4) is 0 Å². The summed E-state index contributed by atoms with van der Waals surface area (Å²) in [4.78, 5) is 25.3. The third-order valence-corrected chi connectivity index (χ3v) is 9.85. The molecule has 0 aliphatic heterocycles. The number of rotatable bonds is 44. The lowest BCUT2D eigenvalue weighted by molar-refractivity contribution is -0.162. The molecule has 0 aromatic carbocycles. The zero-order valence-corrected chi connectivity index (χ0v) is 41.0. The van der Waals surface area contributed by atoms with Crippen molar-refractivity contribution in [3.8, 4) is 0 Å². The molecule has 1 atom stereocenters. The second-order valence-corrected chi connectivity index (χ2v) is 15.9. The quantitative estimate of drug-likeness (QED) is 0.0347. The zero-order chi connectivity index (χ0) is 46.3. The van der Waals surface area contributed by atoms with Gasteiger partial charge in [0.2, 0.25) is 0 Å². The van der Waals surface area contributed by atoms with Crippen LogP contribution in [0.15, 0.2) is 146 Å². The molecule has 5 nitrogen and oxygen atoms in total. The molecule has 0 aliphatic carbocycles. The van der Waals surface area contributed by atoms with Crippen LogP contribution in [0.4, 0.5) is 0 Å². The molecule has 64 heavy (non-hydrogen) atoms. The summed E-state index contributed by atoms with van der Waals surface area (Å²) in [6.07, 6.45) is 77.3. The Hall–Kier alpha value is -4.22. The maximum atomic E-state index is 12.8. The molecule has 5 heteroatoms. The zero-order valence-electron chi connectivity index (χ0n) is 41.0. The van der Waals surface area contributed by atoms with Crippen molar-refractivity contribution in [2.45, 2.75) is 194 Å². The van der Waals surface area contributed by atoms with Gasteiger partial charge in [0.15, 0.2) is 6.10 Å². The number of esters is 2. The lowest BCUT2D eigenvalue weighted by Crippen LogP contribution is -2.30. The first-order valence-electron chi connectivity index (χ1n) is 25.4. The van der Waals surface area contributed by atoms with Crippen molar-refractivity contribution in [2.75, 3.05) is 19.8 Å². The van der Waals surface area contributed by atoms with Crippen LogP contribution >= 0.6 is 0 Å². The van der Waals surface area contributed by atoms with Gasteiger partial charge in [-0.25, -0.2) is 0 Å². The number of hydrogen-bond donors (Lipinski definition) is 0. The number of ether oxygens (including phenoxy) is 3. The number of carbonyl (C=O) groups excluding carboxylic acids is 2. The van der Waals surface area contributed by atoms with E-state index in [0.29, 0.717) is 25.9 Å². The maximum absolute atomic E-state index is 12.8. The molecular weight excluding hydrogens is 789 g/mol. The van der Waals surface area contributed by atoms with E-state index < -0.39 is 6.10 Å². The molecule has 0 rings (SSSR count). The third kappa shape index (κ3) is 50.4. The van der Waals surface area contributed by atoms with Gasteiger partial charge in [-0.3, -0.25) is 9.59 Å². The first kappa shape index (κ1) is 59.8. The third-order valence-electron chi connectivity index (χ3n) is 9.85. The fourth-order valence-corrected chi connectivity index (χ4v) is 6.14. The summed E-state index contributed by atoms with van der Waals surface area (Å²) < 4.78 is 17.2. The molecule has 0 saturated heterocycles. The van der Waals surface area contributed by atoms with Crippen LogP contribution in [0, 0.1) is 0 Å². The summed E-state index contributed by atoms with van der Waals surface area (Å²) in [7, 11) is 0. The van der Waals surface area contributed by atoms with Gasteiger partial charge in [-0.2, -0.15) is 0 Å². The summed E-state index contributed by atoms with van der Waals surface area (Å²) >= 11 is 0. The number of hydrogen-bond acceptors (Lipinski definition) is 5. The van der Waals surface area contributed by atoms with Crippen LogP contribution in [0.25, 0.3) is 0 Å². The summed E-state index contributed by atoms with van der Waals surface area (Å²) in [6.45, 7) is 7.38. The van der Waals surface area contributed by atoms with E-state index in [1.54, 1.807) is 0 Å². The molecule has 0 saturated carbocycles. The van der Waals surface area contributed by atoms with Gasteiger partial charge in [0.05, 0.1) is 6.61 Å². The fourth-order valence-electron chi connectivity index (χ4n) is 6.14. The molecule has 0 spiro atoms. The van der Waals surface area contributed by atoms with Crippen molar-refractivity contribution in [1.82, 2.24) is 0 Å². The van der Waals surface area contributed by atoms with E-state index in [2.05, 4.69) is 161 Å². The molecule has 0 amide bonds. The lowest BCUT2D eigenvalue weighted by Gasteiger charge is -2.18. The highest BCUT2D eigenvalue weighted by molar-refractivity contribution is 5.70. The highest BCUT2D eigenvalue weighted by atomic mass is 16.6. The van der Waals surface area contributed by atoms with E-state index in [1.165, 1.54) is 51.4 Å². The number of allylic oxidation sites excluding steroid dienone is 24. The predicted molar refractivity (Wildman–Crippen MR) is 278 cm³/mol. The summed E-state index contributed by atoms with van der Waals surface area (Å²) in [6, 6.07) is 0. The first-order chi connectivity index (χ1) is 31.6. The monoisotopic (exact) mass is 881 g/mol. The van der Waals surface area contributed by atoms with E-state index in [-0.39, 0.29) is 31.6 Å². The van der Waals surface area contributed by atoms with E-state index in [0.717, 1.165) is 89.9 Å². The predicted octanol–water partition coefficient (Wildman–Crippen LogP) is 17.3. The van der Waals surface area contributed by atoms with E-state index >= 15 is 0 Å². The second kappa shape index (κ2) is 53.1. The SMILES string of the molecule is CC/C=C\C/C=C\C/C=C\C/C=C\C/C=C\C/C=C\CCC(=O)OCC(COCCCCCCCC/C=C\CCCC)OC(=O)CCC/C=C\C/C=C\C/C=C\C/C=C\C/C=C\CC. The molecule has 0 fully saturated rings.